The second kappa shape index (κ2) is 4.84. The number of nitro groups is 1. The summed E-state index contributed by atoms with van der Waals surface area (Å²) in [5, 5.41) is 14.7. The SMILES string of the molecule is O=[N+]([O-])c1cnn(COc2ccccc2Cl)c1. The highest BCUT2D eigenvalue weighted by atomic mass is 35.5. The van der Waals surface area contributed by atoms with Gasteiger partial charge in [-0.15, -0.1) is 0 Å². The maximum Gasteiger partial charge on any atom is 0.307 e. The lowest BCUT2D eigenvalue weighted by atomic mass is 10.3. The van der Waals surface area contributed by atoms with Gasteiger partial charge in [-0.2, -0.15) is 5.10 Å². The van der Waals surface area contributed by atoms with E-state index in [4.69, 9.17) is 16.3 Å². The average Bonchev–Trinajstić information content (AvgIpc) is 2.77. The number of ether oxygens (including phenoxy) is 1. The molecule has 0 fully saturated rings. The molecule has 2 aromatic rings. The summed E-state index contributed by atoms with van der Waals surface area (Å²) in [6.45, 7) is 0.0670. The summed E-state index contributed by atoms with van der Waals surface area (Å²) in [5.74, 6) is 0.507. The molecule has 0 saturated heterocycles. The summed E-state index contributed by atoms with van der Waals surface area (Å²) in [6.07, 6.45) is 2.45. The van der Waals surface area contributed by atoms with Crippen molar-refractivity contribution in [2.24, 2.45) is 0 Å². The Bertz CT molecular complexity index is 541. The van der Waals surface area contributed by atoms with Crippen LogP contribution in [0.5, 0.6) is 5.75 Å². The van der Waals surface area contributed by atoms with Gasteiger partial charge in [0, 0.05) is 0 Å². The molecule has 17 heavy (non-hydrogen) atoms. The van der Waals surface area contributed by atoms with E-state index >= 15 is 0 Å². The van der Waals surface area contributed by atoms with Gasteiger partial charge in [0.2, 0.25) is 0 Å². The van der Waals surface area contributed by atoms with E-state index < -0.39 is 4.92 Å². The van der Waals surface area contributed by atoms with Crippen LogP contribution < -0.4 is 4.74 Å². The fourth-order valence-electron chi connectivity index (χ4n) is 1.22. The number of hydrogen-bond acceptors (Lipinski definition) is 4. The first kappa shape index (κ1) is 11.4. The van der Waals surface area contributed by atoms with Crippen LogP contribution in [0.25, 0.3) is 0 Å². The van der Waals surface area contributed by atoms with Gasteiger partial charge in [-0.25, -0.2) is 4.68 Å². The highest BCUT2D eigenvalue weighted by molar-refractivity contribution is 6.32. The number of halogens is 1. The molecule has 0 radical (unpaired) electrons. The molecule has 0 atom stereocenters. The predicted molar refractivity (Wildman–Crippen MR) is 61.0 cm³/mol. The molecule has 0 saturated carbocycles. The zero-order chi connectivity index (χ0) is 12.3. The van der Waals surface area contributed by atoms with Crippen molar-refractivity contribution in [2.75, 3.05) is 0 Å². The Hall–Kier alpha value is -2.08. The monoisotopic (exact) mass is 253 g/mol. The highest BCUT2D eigenvalue weighted by Gasteiger charge is 2.09. The van der Waals surface area contributed by atoms with E-state index in [2.05, 4.69) is 5.10 Å². The Labute approximate surface area is 102 Å². The molecular formula is C10H8ClN3O3. The Morgan fingerprint density at radius 3 is 2.88 bits per heavy atom. The van der Waals surface area contributed by atoms with Gasteiger partial charge >= 0.3 is 5.69 Å². The second-order valence-electron chi connectivity index (χ2n) is 3.20. The minimum absolute atomic E-state index is 0.0670. The predicted octanol–water partition coefficient (Wildman–Crippen LogP) is 2.48. The number of para-hydroxylation sites is 1. The van der Waals surface area contributed by atoms with Gasteiger partial charge in [-0.05, 0) is 12.1 Å². The Kier molecular flexibility index (Phi) is 3.24. The molecule has 0 amide bonds. The van der Waals surface area contributed by atoms with Crippen LogP contribution in [0.3, 0.4) is 0 Å². The minimum Gasteiger partial charge on any atom is -0.470 e. The van der Waals surface area contributed by atoms with Crippen molar-refractivity contribution in [3.63, 3.8) is 0 Å². The van der Waals surface area contributed by atoms with Crippen LogP contribution in [0.15, 0.2) is 36.7 Å². The quantitative estimate of drug-likeness (QED) is 0.620. The third kappa shape index (κ3) is 2.73. The molecule has 0 aliphatic rings. The Balaban J connectivity index is 2.02. The zero-order valence-electron chi connectivity index (χ0n) is 8.62. The zero-order valence-corrected chi connectivity index (χ0v) is 9.37. The molecular weight excluding hydrogens is 246 g/mol. The number of rotatable bonds is 4. The summed E-state index contributed by atoms with van der Waals surface area (Å²) in [4.78, 5) is 9.92. The van der Waals surface area contributed by atoms with Crippen molar-refractivity contribution in [1.82, 2.24) is 9.78 Å². The Morgan fingerprint density at radius 1 is 1.47 bits per heavy atom. The first-order chi connectivity index (χ1) is 8.16. The normalized spacial score (nSPS) is 10.2. The van der Waals surface area contributed by atoms with Gasteiger partial charge in [0.25, 0.3) is 0 Å². The lowest BCUT2D eigenvalue weighted by molar-refractivity contribution is -0.385. The van der Waals surface area contributed by atoms with E-state index in [1.807, 2.05) is 0 Å². The maximum atomic E-state index is 10.4. The summed E-state index contributed by atoms with van der Waals surface area (Å²) in [6, 6.07) is 6.98. The fraction of sp³-hybridized carbons (Fsp3) is 0.100. The summed E-state index contributed by atoms with van der Waals surface area (Å²) >= 11 is 5.88. The first-order valence-corrected chi connectivity index (χ1v) is 5.09. The van der Waals surface area contributed by atoms with E-state index in [0.717, 1.165) is 6.20 Å². The molecule has 2 rings (SSSR count). The number of benzene rings is 1. The molecule has 0 spiro atoms. The maximum absolute atomic E-state index is 10.4. The van der Waals surface area contributed by atoms with Crippen LogP contribution in [0.1, 0.15) is 0 Å². The van der Waals surface area contributed by atoms with Gasteiger partial charge in [0.1, 0.15) is 18.1 Å². The number of hydrogen-bond donors (Lipinski definition) is 0. The molecule has 1 aromatic heterocycles. The van der Waals surface area contributed by atoms with Crippen LogP contribution in [0, 0.1) is 10.1 Å². The third-order valence-electron chi connectivity index (χ3n) is 2.02. The van der Waals surface area contributed by atoms with Crippen LogP contribution in [0.4, 0.5) is 5.69 Å². The number of aromatic nitrogens is 2. The number of nitrogens with zero attached hydrogens (tertiary/aromatic N) is 3. The highest BCUT2D eigenvalue weighted by Crippen LogP contribution is 2.23. The molecule has 1 heterocycles. The molecule has 0 N–H and O–H groups in total. The standard InChI is InChI=1S/C10H8ClN3O3/c11-9-3-1-2-4-10(9)17-7-13-6-8(5-12-13)14(15)16/h1-6H,7H2. The second-order valence-corrected chi connectivity index (χ2v) is 3.61. The van der Waals surface area contributed by atoms with Crippen LogP contribution in [-0.2, 0) is 6.73 Å². The van der Waals surface area contributed by atoms with Gasteiger partial charge in [0.15, 0.2) is 6.73 Å². The van der Waals surface area contributed by atoms with E-state index in [1.54, 1.807) is 24.3 Å². The van der Waals surface area contributed by atoms with Gasteiger partial charge in [-0.1, -0.05) is 23.7 Å². The lowest BCUT2D eigenvalue weighted by Gasteiger charge is -2.06. The largest absolute Gasteiger partial charge is 0.470 e. The van der Waals surface area contributed by atoms with Crippen LogP contribution in [0.2, 0.25) is 5.02 Å². The summed E-state index contributed by atoms with van der Waals surface area (Å²) in [5.41, 5.74) is -0.0761. The van der Waals surface area contributed by atoms with Gasteiger partial charge in [0.05, 0.1) is 9.95 Å². The minimum atomic E-state index is -0.515. The molecule has 0 bridgehead atoms. The fourth-order valence-corrected chi connectivity index (χ4v) is 1.41. The van der Waals surface area contributed by atoms with Gasteiger partial charge < -0.3 is 4.74 Å². The Morgan fingerprint density at radius 2 is 2.24 bits per heavy atom. The molecule has 6 nitrogen and oxygen atoms in total. The van der Waals surface area contributed by atoms with E-state index in [1.165, 1.54) is 10.9 Å². The lowest BCUT2D eigenvalue weighted by Crippen LogP contribution is -2.05. The molecule has 0 aliphatic heterocycles. The molecule has 1 aromatic carbocycles. The van der Waals surface area contributed by atoms with Crippen molar-refractivity contribution < 1.29 is 9.66 Å². The van der Waals surface area contributed by atoms with Crippen molar-refractivity contribution >= 4 is 17.3 Å². The molecule has 0 unspecified atom stereocenters. The van der Waals surface area contributed by atoms with Crippen molar-refractivity contribution in [1.29, 1.82) is 0 Å². The van der Waals surface area contributed by atoms with Crippen molar-refractivity contribution in [2.45, 2.75) is 6.73 Å². The molecule has 88 valence electrons. The van der Waals surface area contributed by atoms with E-state index in [-0.39, 0.29) is 12.4 Å². The topological polar surface area (TPSA) is 70.2 Å². The molecule has 7 heteroatoms. The van der Waals surface area contributed by atoms with E-state index in [0.29, 0.717) is 10.8 Å². The van der Waals surface area contributed by atoms with Crippen molar-refractivity contribution in [3.05, 3.63) is 51.8 Å². The molecule has 0 aliphatic carbocycles. The smallest absolute Gasteiger partial charge is 0.307 e. The third-order valence-corrected chi connectivity index (χ3v) is 2.33. The first-order valence-electron chi connectivity index (χ1n) is 4.71. The summed E-state index contributed by atoms with van der Waals surface area (Å²) < 4.78 is 6.68. The van der Waals surface area contributed by atoms with Crippen LogP contribution in [-0.4, -0.2) is 14.7 Å². The van der Waals surface area contributed by atoms with Crippen LogP contribution >= 0.6 is 11.6 Å². The van der Waals surface area contributed by atoms with Crippen molar-refractivity contribution in [3.8, 4) is 5.75 Å². The van der Waals surface area contributed by atoms with Gasteiger partial charge in [-0.3, -0.25) is 10.1 Å². The summed E-state index contributed by atoms with van der Waals surface area (Å²) in [7, 11) is 0. The van der Waals surface area contributed by atoms with E-state index in [9.17, 15) is 10.1 Å². The average molecular weight is 254 g/mol.